The fourth-order valence-corrected chi connectivity index (χ4v) is 12.0. The molecule has 4 aliphatic rings. The van der Waals surface area contributed by atoms with Crippen molar-refractivity contribution in [2.75, 3.05) is 4.90 Å². The number of aryl methyl sites for hydroxylation is 1. The summed E-state index contributed by atoms with van der Waals surface area (Å²) in [4.78, 5) is 2.51. The summed E-state index contributed by atoms with van der Waals surface area (Å²) >= 11 is 0. The van der Waals surface area contributed by atoms with E-state index in [2.05, 4.69) is 170 Å². The summed E-state index contributed by atoms with van der Waals surface area (Å²) in [7, 11) is 0. The molecule has 0 aliphatic heterocycles. The Morgan fingerprint density at radius 1 is 0.387 bits per heavy atom. The number of anilines is 3. The van der Waals surface area contributed by atoms with Gasteiger partial charge in [-0.25, -0.2) is 0 Å². The molecule has 2 saturated carbocycles. The maximum atomic E-state index is 2.51. The maximum absolute atomic E-state index is 2.51. The Morgan fingerprint density at radius 2 is 1.02 bits per heavy atom. The number of nitrogens with zero attached hydrogens (tertiary/aromatic N) is 1. The van der Waals surface area contributed by atoms with Crippen LogP contribution in [0.3, 0.4) is 0 Å². The van der Waals surface area contributed by atoms with Gasteiger partial charge in [0.05, 0.1) is 0 Å². The molecule has 7 aromatic rings. The third kappa shape index (κ3) is 7.32. The molecule has 0 atom stereocenters. The summed E-state index contributed by atoms with van der Waals surface area (Å²) in [6.07, 6.45) is 18.4. The molecule has 11 rings (SSSR count). The van der Waals surface area contributed by atoms with Crippen LogP contribution in [-0.2, 0) is 18.3 Å². The van der Waals surface area contributed by atoms with Crippen molar-refractivity contribution in [2.24, 2.45) is 0 Å². The highest BCUT2D eigenvalue weighted by Gasteiger charge is 2.36. The zero-order valence-electron chi connectivity index (χ0n) is 36.9. The van der Waals surface area contributed by atoms with Crippen LogP contribution in [0.5, 0.6) is 0 Å². The third-order valence-corrected chi connectivity index (χ3v) is 15.4. The SMILES string of the molecule is CC1(C)c2ccccc2-c2ccc(N(c3ccc(-c4cccc(C5CCCCC5)c4)cc3)c3cccc(-c4cc(-c5ccc(C6CCCCC6)cc5)cc5c4CCCC5)c3)cc21. The molecule has 310 valence electrons. The van der Waals surface area contributed by atoms with Crippen molar-refractivity contribution in [3.05, 3.63) is 185 Å². The molecular weight excluding hydrogens is 747 g/mol. The average molecular weight is 808 g/mol. The molecule has 7 aromatic carbocycles. The zero-order valence-corrected chi connectivity index (χ0v) is 36.9. The number of fused-ring (bicyclic) bond motifs is 4. The molecule has 1 heteroatoms. The standard InChI is InChI=1S/C61H61N/c1-61(2)59-26-12-11-25-56(59)57-36-35-54(41-60(57)61)62(52-33-31-45(32-34-52)48-21-13-20-47(37-48)43-17-7-4-8-18-43)53-23-14-22-50(39-53)58-40-51(38-49-19-9-10-24-55(49)58)46-29-27-44(28-30-46)42-15-5-3-6-16-42/h11-14,20-23,25-43H,3-10,15-19,24H2,1-2H3. The van der Waals surface area contributed by atoms with Crippen LogP contribution in [0, 0.1) is 0 Å². The summed E-state index contributed by atoms with van der Waals surface area (Å²) in [6.45, 7) is 4.78. The molecule has 0 heterocycles. The van der Waals surface area contributed by atoms with Crippen molar-refractivity contribution in [3.8, 4) is 44.5 Å². The lowest BCUT2D eigenvalue weighted by Gasteiger charge is -2.29. The van der Waals surface area contributed by atoms with Gasteiger partial charge in [-0.05, 0) is 184 Å². The Kier molecular flexibility index (Phi) is 10.5. The largest absolute Gasteiger partial charge is 0.310 e. The van der Waals surface area contributed by atoms with Gasteiger partial charge in [0.15, 0.2) is 0 Å². The Bertz CT molecular complexity index is 2720. The molecule has 0 radical (unpaired) electrons. The summed E-state index contributed by atoms with van der Waals surface area (Å²) in [5, 5.41) is 0. The van der Waals surface area contributed by atoms with Crippen molar-refractivity contribution in [2.45, 2.75) is 121 Å². The number of benzene rings is 7. The lowest BCUT2D eigenvalue weighted by atomic mass is 9.82. The van der Waals surface area contributed by atoms with Gasteiger partial charge < -0.3 is 4.90 Å². The maximum Gasteiger partial charge on any atom is 0.0467 e. The van der Waals surface area contributed by atoms with Gasteiger partial charge in [0.1, 0.15) is 0 Å². The van der Waals surface area contributed by atoms with Crippen LogP contribution in [0.25, 0.3) is 44.5 Å². The number of rotatable bonds is 8. The Balaban J connectivity index is 0.997. The molecule has 0 bridgehead atoms. The van der Waals surface area contributed by atoms with E-state index >= 15 is 0 Å². The third-order valence-electron chi connectivity index (χ3n) is 15.4. The summed E-state index contributed by atoms with van der Waals surface area (Å²) in [5.41, 5.74) is 23.1. The van der Waals surface area contributed by atoms with Crippen LogP contribution < -0.4 is 4.90 Å². The fourth-order valence-electron chi connectivity index (χ4n) is 12.0. The van der Waals surface area contributed by atoms with Crippen molar-refractivity contribution in [1.82, 2.24) is 0 Å². The van der Waals surface area contributed by atoms with Crippen LogP contribution in [-0.4, -0.2) is 0 Å². The van der Waals surface area contributed by atoms with E-state index in [9.17, 15) is 0 Å². The van der Waals surface area contributed by atoms with Crippen molar-refractivity contribution >= 4 is 17.1 Å². The molecule has 0 amide bonds. The van der Waals surface area contributed by atoms with E-state index in [4.69, 9.17) is 0 Å². The van der Waals surface area contributed by atoms with Crippen molar-refractivity contribution < 1.29 is 0 Å². The lowest BCUT2D eigenvalue weighted by Crippen LogP contribution is -2.16. The molecule has 0 aromatic heterocycles. The highest BCUT2D eigenvalue weighted by atomic mass is 15.1. The fraction of sp³-hybridized carbons (Fsp3) is 0.311. The van der Waals surface area contributed by atoms with Crippen molar-refractivity contribution in [1.29, 1.82) is 0 Å². The van der Waals surface area contributed by atoms with Gasteiger partial charge in [-0.3, -0.25) is 0 Å². The van der Waals surface area contributed by atoms with Gasteiger partial charge in [-0.15, -0.1) is 0 Å². The molecular formula is C61H61N. The summed E-state index contributed by atoms with van der Waals surface area (Å²) in [5.74, 6) is 1.42. The van der Waals surface area contributed by atoms with Gasteiger partial charge >= 0.3 is 0 Å². The molecule has 0 spiro atoms. The average Bonchev–Trinajstić information content (AvgIpc) is 3.57. The lowest BCUT2D eigenvalue weighted by molar-refractivity contribution is 0.443. The van der Waals surface area contributed by atoms with Crippen LogP contribution in [0.1, 0.15) is 136 Å². The van der Waals surface area contributed by atoms with Crippen molar-refractivity contribution in [3.63, 3.8) is 0 Å². The van der Waals surface area contributed by atoms with Gasteiger partial charge in [0.25, 0.3) is 0 Å². The Morgan fingerprint density at radius 3 is 1.81 bits per heavy atom. The molecule has 1 nitrogen and oxygen atoms in total. The topological polar surface area (TPSA) is 3.24 Å². The van der Waals surface area contributed by atoms with E-state index in [-0.39, 0.29) is 5.41 Å². The van der Waals surface area contributed by atoms with Crippen LogP contribution in [0.15, 0.2) is 152 Å². The molecule has 0 saturated heterocycles. The first-order valence-corrected chi connectivity index (χ1v) is 24.1. The van der Waals surface area contributed by atoms with Gasteiger partial charge in [0.2, 0.25) is 0 Å². The predicted molar refractivity (Wildman–Crippen MR) is 263 cm³/mol. The number of hydrogen-bond donors (Lipinski definition) is 0. The smallest absolute Gasteiger partial charge is 0.0467 e. The monoisotopic (exact) mass is 807 g/mol. The zero-order chi connectivity index (χ0) is 41.6. The van der Waals surface area contributed by atoms with Crippen LogP contribution in [0.2, 0.25) is 0 Å². The van der Waals surface area contributed by atoms with E-state index in [1.54, 1.807) is 5.56 Å². The quantitative estimate of drug-likeness (QED) is 0.148. The molecule has 4 aliphatic carbocycles. The minimum atomic E-state index is -0.0865. The highest BCUT2D eigenvalue weighted by molar-refractivity contribution is 5.87. The second kappa shape index (κ2) is 16.6. The molecule has 2 fully saturated rings. The number of hydrogen-bond acceptors (Lipinski definition) is 1. The van der Waals surface area contributed by atoms with E-state index in [0.717, 1.165) is 18.8 Å². The summed E-state index contributed by atoms with van der Waals surface area (Å²) < 4.78 is 0. The minimum absolute atomic E-state index is 0.0865. The van der Waals surface area contributed by atoms with E-state index < -0.39 is 0 Å². The second-order valence-electron chi connectivity index (χ2n) is 19.6. The molecule has 0 N–H and O–H groups in total. The Hall–Kier alpha value is -5.66. The Labute approximate surface area is 370 Å². The van der Waals surface area contributed by atoms with E-state index in [1.165, 1.54) is 166 Å². The predicted octanol–water partition coefficient (Wildman–Crippen LogP) is 17.4. The second-order valence-corrected chi connectivity index (χ2v) is 19.6. The first-order chi connectivity index (χ1) is 30.5. The normalized spacial score (nSPS) is 17.3. The summed E-state index contributed by atoms with van der Waals surface area (Å²) in [6, 6.07) is 59.1. The van der Waals surface area contributed by atoms with Gasteiger partial charge in [-0.2, -0.15) is 0 Å². The highest BCUT2D eigenvalue weighted by Crippen LogP contribution is 2.51. The van der Waals surface area contributed by atoms with Crippen LogP contribution in [0.4, 0.5) is 17.1 Å². The van der Waals surface area contributed by atoms with E-state index in [1.807, 2.05) is 0 Å². The molecule has 0 unspecified atom stereocenters. The van der Waals surface area contributed by atoms with Crippen LogP contribution >= 0.6 is 0 Å². The first kappa shape index (κ1) is 39.2. The molecule has 62 heavy (non-hydrogen) atoms. The first-order valence-electron chi connectivity index (χ1n) is 24.1. The van der Waals surface area contributed by atoms with Gasteiger partial charge in [-0.1, -0.05) is 162 Å². The van der Waals surface area contributed by atoms with Gasteiger partial charge in [0, 0.05) is 22.5 Å². The van der Waals surface area contributed by atoms with E-state index in [0.29, 0.717) is 5.92 Å². The minimum Gasteiger partial charge on any atom is -0.310 e.